The normalized spacial score (nSPS) is 16.0. The molecule has 1 fully saturated rings. The van der Waals surface area contributed by atoms with Crippen molar-refractivity contribution in [2.75, 3.05) is 32.7 Å². The summed E-state index contributed by atoms with van der Waals surface area (Å²) in [5.41, 5.74) is 2.58. The van der Waals surface area contributed by atoms with E-state index in [4.69, 9.17) is 4.42 Å². The molecule has 1 aromatic carbocycles. The van der Waals surface area contributed by atoms with Crippen LogP contribution in [0.2, 0.25) is 0 Å². The van der Waals surface area contributed by atoms with E-state index in [1.165, 1.54) is 16.3 Å². The fraction of sp³-hybridized carbons (Fsp3) is 0.350. The SMILES string of the molecule is Cn1c(=O)oc2cc(C(=O)CN3CCN(Cc4ccccc4)CC3)cnc21. The zero-order valence-electron chi connectivity index (χ0n) is 15.3. The molecule has 1 aliphatic rings. The van der Waals surface area contributed by atoms with Gasteiger partial charge in [0.05, 0.1) is 6.54 Å². The molecule has 7 nitrogen and oxygen atoms in total. The van der Waals surface area contributed by atoms with Crippen molar-refractivity contribution in [3.05, 3.63) is 64.3 Å². The summed E-state index contributed by atoms with van der Waals surface area (Å²) in [6.07, 6.45) is 1.52. The Balaban J connectivity index is 1.35. The van der Waals surface area contributed by atoms with E-state index in [0.29, 0.717) is 23.3 Å². The predicted molar refractivity (Wildman–Crippen MR) is 102 cm³/mol. The summed E-state index contributed by atoms with van der Waals surface area (Å²) in [6, 6.07) is 12.0. The third-order valence-corrected chi connectivity index (χ3v) is 5.02. The lowest BCUT2D eigenvalue weighted by atomic mass is 10.1. The highest BCUT2D eigenvalue weighted by atomic mass is 16.4. The lowest BCUT2D eigenvalue weighted by molar-refractivity contribution is 0.0843. The van der Waals surface area contributed by atoms with Gasteiger partial charge in [0.15, 0.2) is 17.0 Å². The fourth-order valence-corrected chi connectivity index (χ4v) is 3.41. The lowest BCUT2D eigenvalue weighted by Crippen LogP contribution is -2.47. The van der Waals surface area contributed by atoms with Crippen LogP contribution in [0.15, 0.2) is 51.8 Å². The van der Waals surface area contributed by atoms with Gasteiger partial charge >= 0.3 is 5.76 Å². The first-order valence-electron chi connectivity index (χ1n) is 9.07. The number of hydrogen-bond donors (Lipinski definition) is 0. The van der Waals surface area contributed by atoms with Crippen molar-refractivity contribution in [3.63, 3.8) is 0 Å². The number of Topliss-reactive ketones (excluding diaryl/α,β-unsaturated/α-hetero) is 1. The van der Waals surface area contributed by atoms with Gasteiger partial charge in [-0.1, -0.05) is 30.3 Å². The first-order chi connectivity index (χ1) is 13.1. The molecule has 0 saturated carbocycles. The zero-order chi connectivity index (χ0) is 18.8. The van der Waals surface area contributed by atoms with E-state index in [1.54, 1.807) is 13.1 Å². The summed E-state index contributed by atoms with van der Waals surface area (Å²) >= 11 is 0. The van der Waals surface area contributed by atoms with Gasteiger partial charge < -0.3 is 4.42 Å². The van der Waals surface area contributed by atoms with Crippen LogP contribution < -0.4 is 5.76 Å². The highest BCUT2D eigenvalue weighted by molar-refractivity contribution is 5.99. The molecule has 0 N–H and O–H groups in total. The third-order valence-electron chi connectivity index (χ3n) is 5.02. The summed E-state index contributed by atoms with van der Waals surface area (Å²) in [5, 5.41) is 0. The van der Waals surface area contributed by atoms with Crippen LogP contribution in [0.5, 0.6) is 0 Å². The Hall–Kier alpha value is -2.77. The molecule has 140 valence electrons. The molecule has 0 unspecified atom stereocenters. The van der Waals surface area contributed by atoms with Crippen molar-refractivity contribution >= 4 is 17.0 Å². The van der Waals surface area contributed by atoms with Crippen molar-refractivity contribution in [1.29, 1.82) is 0 Å². The number of oxazole rings is 1. The first-order valence-corrected chi connectivity index (χ1v) is 9.07. The van der Waals surface area contributed by atoms with Crippen LogP contribution in [0.1, 0.15) is 15.9 Å². The van der Waals surface area contributed by atoms with Crippen molar-refractivity contribution in [2.24, 2.45) is 7.05 Å². The molecular weight excluding hydrogens is 344 g/mol. The molecule has 3 aromatic rings. The highest BCUT2D eigenvalue weighted by Gasteiger charge is 2.20. The number of aryl methyl sites for hydroxylation is 1. The Morgan fingerprint density at radius 2 is 1.81 bits per heavy atom. The van der Waals surface area contributed by atoms with E-state index >= 15 is 0 Å². The average Bonchev–Trinajstić information content (AvgIpc) is 2.97. The molecule has 0 radical (unpaired) electrons. The van der Waals surface area contributed by atoms with Crippen molar-refractivity contribution in [3.8, 4) is 0 Å². The molecule has 0 amide bonds. The summed E-state index contributed by atoms with van der Waals surface area (Å²) in [5.74, 6) is -0.482. The summed E-state index contributed by atoms with van der Waals surface area (Å²) in [4.78, 5) is 32.9. The topological polar surface area (TPSA) is 71.6 Å². The van der Waals surface area contributed by atoms with E-state index in [-0.39, 0.29) is 5.78 Å². The highest BCUT2D eigenvalue weighted by Crippen LogP contribution is 2.13. The second kappa shape index (κ2) is 7.46. The van der Waals surface area contributed by atoms with Gasteiger partial charge in [0.2, 0.25) is 0 Å². The minimum Gasteiger partial charge on any atom is -0.406 e. The quantitative estimate of drug-likeness (QED) is 0.638. The van der Waals surface area contributed by atoms with Crippen LogP contribution in [-0.4, -0.2) is 57.9 Å². The van der Waals surface area contributed by atoms with Crippen LogP contribution in [-0.2, 0) is 13.6 Å². The maximum absolute atomic E-state index is 12.6. The summed E-state index contributed by atoms with van der Waals surface area (Å²) < 4.78 is 6.45. The maximum atomic E-state index is 12.6. The van der Waals surface area contributed by atoms with Gasteiger partial charge in [-0.25, -0.2) is 9.78 Å². The Bertz CT molecular complexity index is 1000. The lowest BCUT2D eigenvalue weighted by Gasteiger charge is -2.34. The Kier molecular flexibility index (Phi) is 4.87. The van der Waals surface area contributed by atoms with Gasteiger partial charge in [0.1, 0.15) is 0 Å². The number of aromatic nitrogens is 2. The Labute approximate surface area is 156 Å². The Morgan fingerprint density at radius 3 is 2.56 bits per heavy atom. The number of hydrogen-bond acceptors (Lipinski definition) is 6. The van der Waals surface area contributed by atoms with Crippen LogP contribution in [0.4, 0.5) is 0 Å². The monoisotopic (exact) mass is 366 g/mol. The number of carbonyl (C=O) groups excluding carboxylic acids is 1. The second-order valence-corrected chi connectivity index (χ2v) is 6.93. The number of carbonyl (C=O) groups is 1. The third kappa shape index (κ3) is 3.84. The maximum Gasteiger partial charge on any atom is 0.420 e. The van der Waals surface area contributed by atoms with Gasteiger partial charge in [-0.3, -0.25) is 19.2 Å². The molecule has 2 aromatic heterocycles. The van der Waals surface area contributed by atoms with Crippen molar-refractivity contribution in [2.45, 2.75) is 6.54 Å². The van der Waals surface area contributed by atoms with E-state index < -0.39 is 5.76 Å². The molecular formula is C20H22N4O3. The minimum atomic E-state index is -0.475. The summed E-state index contributed by atoms with van der Waals surface area (Å²) in [6.45, 7) is 4.88. The number of ketones is 1. The summed E-state index contributed by atoms with van der Waals surface area (Å²) in [7, 11) is 1.59. The number of nitrogens with zero attached hydrogens (tertiary/aromatic N) is 4. The van der Waals surface area contributed by atoms with Gasteiger partial charge in [0.25, 0.3) is 0 Å². The number of fused-ring (bicyclic) bond motifs is 1. The minimum absolute atomic E-state index is 0.00703. The van der Waals surface area contributed by atoms with Crippen molar-refractivity contribution in [1.82, 2.24) is 19.4 Å². The largest absolute Gasteiger partial charge is 0.420 e. The fourth-order valence-electron chi connectivity index (χ4n) is 3.41. The second-order valence-electron chi connectivity index (χ2n) is 6.93. The molecule has 4 rings (SSSR count). The molecule has 0 aliphatic carbocycles. The first kappa shape index (κ1) is 17.6. The molecule has 0 bridgehead atoms. The Morgan fingerprint density at radius 1 is 1.11 bits per heavy atom. The average molecular weight is 366 g/mol. The number of benzene rings is 1. The van der Waals surface area contributed by atoms with E-state index in [1.807, 2.05) is 6.07 Å². The van der Waals surface area contributed by atoms with Gasteiger partial charge in [-0.15, -0.1) is 0 Å². The van der Waals surface area contributed by atoms with Crippen LogP contribution in [0.3, 0.4) is 0 Å². The van der Waals surface area contributed by atoms with Crippen molar-refractivity contribution < 1.29 is 9.21 Å². The van der Waals surface area contributed by atoms with Crippen LogP contribution in [0, 0.1) is 0 Å². The molecule has 27 heavy (non-hydrogen) atoms. The predicted octanol–water partition coefficient (Wildman–Crippen LogP) is 1.53. The molecule has 0 spiro atoms. The number of piperazine rings is 1. The van der Waals surface area contributed by atoms with Gasteiger partial charge in [0, 0.05) is 51.5 Å². The van der Waals surface area contributed by atoms with Gasteiger partial charge in [-0.2, -0.15) is 0 Å². The molecule has 1 saturated heterocycles. The van der Waals surface area contributed by atoms with Crippen LogP contribution in [0.25, 0.3) is 11.2 Å². The molecule has 3 heterocycles. The van der Waals surface area contributed by atoms with Crippen LogP contribution >= 0.6 is 0 Å². The smallest absolute Gasteiger partial charge is 0.406 e. The standard InChI is InChI=1S/C20H22N4O3/c1-22-19-18(27-20(22)26)11-16(12-21-19)17(25)14-24-9-7-23(8-10-24)13-15-5-3-2-4-6-15/h2-6,11-12H,7-10,13-14H2,1H3. The molecule has 0 atom stereocenters. The molecule has 7 heteroatoms. The number of pyridine rings is 1. The number of rotatable bonds is 5. The zero-order valence-corrected chi connectivity index (χ0v) is 15.3. The van der Waals surface area contributed by atoms with E-state index in [2.05, 4.69) is 39.0 Å². The molecule has 1 aliphatic heterocycles. The van der Waals surface area contributed by atoms with E-state index in [9.17, 15) is 9.59 Å². The van der Waals surface area contributed by atoms with E-state index in [0.717, 1.165) is 32.7 Å². The van der Waals surface area contributed by atoms with Gasteiger partial charge in [-0.05, 0) is 11.6 Å².